The van der Waals surface area contributed by atoms with Crippen molar-refractivity contribution in [3.63, 3.8) is 0 Å². The molecule has 10 heteroatoms. The first kappa shape index (κ1) is 86.7. The van der Waals surface area contributed by atoms with Crippen LogP contribution in [0.25, 0.3) is 10.8 Å². The summed E-state index contributed by atoms with van der Waals surface area (Å²) in [4.78, 5) is 21.6. The van der Waals surface area contributed by atoms with Crippen molar-refractivity contribution < 1.29 is 42.7 Å². The van der Waals surface area contributed by atoms with E-state index in [1.807, 2.05) is 88.4 Å². The quantitative estimate of drug-likeness (QED) is 0.0481. The summed E-state index contributed by atoms with van der Waals surface area (Å²) in [6.45, 7) is 30.0. The van der Waals surface area contributed by atoms with Crippen molar-refractivity contribution in [1.82, 2.24) is 5.32 Å². The minimum Gasteiger partial charge on any atom is -0.494 e. The molecule has 0 aliphatic heterocycles. The number of hydrogen-bond donors (Lipinski definition) is 1. The number of para-hydroxylation sites is 1. The van der Waals surface area contributed by atoms with Crippen molar-refractivity contribution >= 4 is 22.6 Å². The summed E-state index contributed by atoms with van der Waals surface area (Å²) < 4.78 is 35.4. The van der Waals surface area contributed by atoms with Gasteiger partial charge in [0.2, 0.25) is 5.91 Å². The molecule has 1 amide bonds. The molecule has 0 fully saturated rings. The number of fused-ring (bicyclic) bond motifs is 1. The zero-order chi connectivity index (χ0) is 54.5. The Hall–Kier alpha value is -6.20. The maximum absolute atomic E-state index is 11.1. The molecule has 0 saturated carbocycles. The summed E-state index contributed by atoms with van der Waals surface area (Å²) in [6, 6.07) is 45.5. The average Bonchev–Trinajstić information content (AvgIpc) is 3.38. The smallest absolute Gasteiger partial charge is 0.302 e. The Labute approximate surface area is 485 Å². The highest BCUT2D eigenvalue weighted by atomic mass is 16.7. The highest BCUT2D eigenvalue weighted by Crippen LogP contribution is 2.18. The SMILES string of the molecule is C.C.C.C.C.C.CC(=O)OCCOCOc1ccccc1C.CCC.CCCC(=O)NCCOc1ccc(C)cc1.CCCOc1ccc(C)cc1.CCOCOC.CCc1ccc(C)cc1.Cc1ccc2cc(C)ccc2c1. The van der Waals surface area contributed by atoms with Crippen molar-refractivity contribution in [2.45, 2.75) is 167 Å². The van der Waals surface area contributed by atoms with E-state index in [0.29, 0.717) is 33.0 Å². The van der Waals surface area contributed by atoms with Crippen LogP contribution in [0.5, 0.6) is 17.2 Å². The lowest BCUT2D eigenvalue weighted by Gasteiger charge is -2.09. The molecule has 0 saturated heterocycles. The third-order valence-corrected chi connectivity index (χ3v) is 9.69. The van der Waals surface area contributed by atoms with Gasteiger partial charge in [0.05, 0.1) is 19.8 Å². The second-order valence-electron chi connectivity index (χ2n) is 17.0. The fraction of sp³-hybridized carbons (Fsp3) is 0.478. The van der Waals surface area contributed by atoms with Gasteiger partial charge < -0.3 is 38.5 Å². The van der Waals surface area contributed by atoms with E-state index in [0.717, 1.165) is 55.3 Å². The molecule has 0 bridgehead atoms. The highest BCUT2D eigenvalue weighted by Gasteiger charge is 2.00. The zero-order valence-corrected chi connectivity index (χ0v) is 47.1. The Bertz CT molecular complexity index is 2220. The van der Waals surface area contributed by atoms with Crippen LogP contribution in [0.1, 0.15) is 158 Å². The number of aryl methyl sites for hydroxylation is 7. The standard InChI is InChI=1S/C13H19NO2.C12H16O4.C12H12.C10H14O.C9H12.C4H10O2.C3H8.6CH4/c1-3-4-13(15)14-9-10-16-12-7-5-11(2)6-8-12;1-10-5-3-4-6-12(10)16-9-14-7-8-15-11(2)13;1-9-3-5-12-8-10(2)4-6-11(12)7-9;1-3-8-11-10-6-4-9(2)5-7-10;1-3-9-6-4-8(2)5-7-9;1-3-6-4-5-2;1-3-2;;;;;;/h5-8H,3-4,9-10H2,1-2H3,(H,14,15);3-6H,7-9H2,1-2H3;3-8H,1-2H3;4-7H,3,8H2,1-2H3;4-7H,3H2,1-2H3;3-4H2,1-2H3;3H2,1-2H3;6*1H4. The first-order valence-corrected chi connectivity index (χ1v) is 25.8. The molecule has 0 aliphatic rings. The number of benzene rings is 6. The first-order valence-electron chi connectivity index (χ1n) is 25.8. The summed E-state index contributed by atoms with van der Waals surface area (Å²) in [5.74, 6) is 2.40. The van der Waals surface area contributed by atoms with Crippen molar-refractivity contribution in [2.24, 2.45) is 0 Å². The molecular weight excluding hydrogens is 987 g/mol. The van der Waals surface area contributed by atoms with E-state index in [4.69, 9.17) is 28.4 Å². The van der Waals surface area contributed by atoms with Gasteiger partial charge in [0.1, 0.15) is 37.3 Å². The fourth-order valence-corrected chi connectivity index (χ4v) is 5.77. The maximum atomic E-state index is 11.1. The van der Waals surface area contributed by atoms with Gasteiger partial charge in [0, 0.05) is 27.1 Å². The van der Waals surface area contributed by atoms with Crippen LogP contribution in [-0.2, 0) is 35.0 Å². The van der Waals surface area contributed by atoms with E-state index < -0.39 is 0 Å². The molecule has 10 nitrogen and oxygen atoms in total. The Morgan fingerprint density at radius 1 is 0.481 bits per heavy atom. The summed E-state index contributed by atoms with van der Waals surface area (Å²) in [6.07, 6.45) is 4.92. The number of ether oxygens (including phenoxy) is 7. The third kappa shape index (κ3) is 48.6. The van der Waals surface area contributed by atoms with Gasteiger partial charge in [0.15, 0.2) is 6.79 Å². The molecule has 0 atom stereocenters. The molecule has 6 rings (SSSR count). The molecule has 0 unspecified atom stereocenters. The summed E-state index contributed by atoms with van der Waals surface area (Å²) in [7, 11) is 1.61. The van der Waals surface area contributed by atoms with Gasteiger partial charge in [-0.3, -0.25) is 9.59 Å². The van der Waals surface area contributed by atoms with Gasteiger partial charge in [-0.05, 0) is 120 Å². The van der Waals surface area contributed by atoms with Gasteiger partial charge in [0.25, 0.3) is 0 Å². The predicted octanol–water partition coefficient (Wildman–Crippen LogP) is 18.9. The van der Waals surface area contributed by atoms with Crippen LogP contribution >= 0.6 is 0 Å². The van der Waals surface area contributed by atoms with Crippen LogP contribution in [0.2, 0.25) is 0 Å². The van der Waals surface area contributed by atoms with Crippen LogP contribution in [0.4, 0.5) is 0 Å². The van der Waals surface area contributed by atoms with Gasteiger partial charge in [-0.25, -0.2) is 0 Å². The van der Waals surface area contributed by atoms with E-state index in [-0.39, 0.29) is 69.8 Å². The fourth-order valence-electron chi connectivity index (χ4n) is 5.77. The number of amides is 1. The lowest BCUT2D eigenvalue weighted by atomic mass is 10.1. The van der Waals surface area contributed by atoms with Crippen molar-refractivity contribution in [2.75, 3.05) is 60.3 Å². The van der Waals surface area contributed by atoms with E-state index in [2.05, 4.69) is 138 Å². The van der Waals surface area contributed by atoms with Crippen molar-refractivity contribution in [3.05, 3.63) is 172 Å². The normalized spacial score (nSPS) is 8.94. The minimum absolute atomic E-state index is 0. The molecule has 79 heavy (non-hydrogen) atoms. The van der Waals surface area contributed by atoms with E-state index >= 15 is 0 Å². The second kappa shape index (κ2) is 58.0. The number of esters is 1. The summed E-state index contributed by atoms with van der Waals surface area (Å²) >= 11 is 0. The lowest BCUT2D eigenvalue weighted by molar-refractivity contribution is -0.143. The number of rotatable bonds is 19. The molecule has 6 aromatic rings. The number of nitrogens with one attached hydrogen (secondary N) is 1. The third-order valence-electron chi connectivity index (χ3n) is 9.69. The monoisotopic (exact) mass is 1100 g/mol. The van der Waals surface area contributed by atoms with Crippen molar-refractivity contribution in [3.8, 4) is 17.2 Å². The van der Waals surface area contributed by atoms with Crippen LogP contribution in [0.3, 0.4) is 0 Å². The predicted molar refractivity (Wildman–Crippen MR) is 345 cm³/mol. The average molecular weight is 1100 g/mol. The topological polar surface area (TPSA) is 111 Å². The molecule has 0 aliphatic carbocycles. The molecule has 1 N–H and O–H groups in total. The molecule has 0 heterocycles. The minimum atomic E-state index is -0.302. The van der Waals surface area contributed by atoms with Crippen LogP contribution < -0.4 is 19.5 Å². The zero-order valence-electron chi connectivity index (χ0n) is 47.1. The second-order valence-corrected chi connectivity index (χ2v) is 17.0. The molecule has 0 aromatic heterocycles. The summed E-state index contributed by atoms with van der Waals surface area (Å²) in [5, 5.41) is 5.47. The highest BCUT2D eigenvalue weighted by molar-refractivity contribution is 5.83. The van der Waals surface area contributed by atoms with Gasteiger partial charge in [-0.1, -0.05) is 217 Å². The molecule has 6 aromatic carbocycles. The largest absolute Gasteiger partial charge is 0.494 e. The van der Waals surface area contributed by atoms with Gasteiger partial charge in [-0.15, -0.1) is 0 Å². The number of carbonyl (C=O) groups is 2. The Balaban J connectivity index is -0.000000157. The lowest BCUT2D eigenvalue weighted by Crippen LogP contribution is -2.27. The molecular formula is C69H115NO9. The van der Waals surface area contributed by atoms with Gasteiger partial charge in [-0.2, -0.15) is 0 Å². The molecule has 450 valence electrons. The number of methoxy groups -OCH3 is 1. The molecule has 0 spiro atoms. The Morgan fingerprint density at radius 3 is 1.34 bits per heavy atom. The maximum Gasteiger partial charge on any atom is 0.302 e. The van der Waals surface area contributed by atoms with Crippen molar-refractivity contribution in [1.29, 1.82) is 0 Å². The van der Waals surface area contributed by atoms with Crippen LogP contribution in [-0.4, -0.2) is 72.2 Å². The van der Waals surface area contributed by atoms with Crippen LogP contribution in [0, 0.1) is 41.5 Å². The number of hydrogen-bond acceptors (Lipinski definition) is 9. The Kier molecular flexibility index (Phi) is 63.6. The van der Waals surface area contributed by atoms with E-state index in [1.165, 1.54) is 57.5 Å². The Morgan fingerprint density at radius 2 is 0.937 bits per heavy atom. The van der Waals surface area contributed by atoms with Crippen LogP contribution in [0.15, 0.2) is 133 Å². The van der Waals surface area contributed by atoms with E-state index in [1.54, 1.807) is 7.11 Å². The van der Waals surface area contributed by atoms with Gasteiger partial charge >= 0.3 is 5.97 Å². The summed E-state index contributed by atoms with van der Waals surface area (Å²) in [5.41, 5.74) is 8.95. The van der Waals surface area contributed by atoms with E-state index in [9.17, 15) is 9.59 Å². The first-order chi connectivity index (χ1) is 35.2. The molecule has 0 radical (unpaired) electrons. The number of carbonyl (C=O) groups excluding carboxylic acids is 2.